The number of rotatable bonds is 7. The molecule has 0 N–H and O–H groups in total. The van der Waals surface area contributed by atoms with E-state index in [2.05, 4.69) is 40.0 Å². The minimum Gasteiger partial charge on any atom is -0.494 e. The van der Waals surface area contributed by atoms with E-state index in [1.165, 1.54) is 4.88 Å². The number of ketones is 1. The lowest BCUT2D eigenvalue weighted by Gasteiger charge is -2.18. The summed E-state index contributed by atoms with van der Waals surface area (Å²) in [4.78, 5) is 15.1. The molecule has 0 amide bonds. The van der Waals surface area contributed by atoms with E-state index in [1.54, 1.807) is 18.3 Å². The Morgan fingerprint density at radius 3 is 2.64 bits per heavy atom. The second-order valence-corrected chi connectivity index (χ2v) is 7.74. The van der Waals surface area contributed by atoms with Crippen molar-refractivity contribution in [2.24, 2.45) is 0 Å². The zero-order valence-electron chi connectivity index (χ0n) is 13.1. The van der Waals surface area contributed by atoms with E-state index < -0.39 is 0 Å². The summed E-state index contributed by atoms with van der Waals surface area (Å²) >= 11 is 5.23. The smallest absolute Gasteiger partial charge is 0.159 e. The van der Waals surface area contributed by atoms with Crippen LogP contribution in [-0.2, 0) is 13.1 Å². The quantitative estimate of drug-likeness (QED) is 0.648. The standard InChI is InChI=1S/C17H20BrNO2S/c1-4-21-16-7-5-13(12(2)20)9-14(16)10-19(3)11-15-6-8-17(18)22-15/h5-9H,4,10-11H2,1-3H3. The van der Waals surface area contributed by atoms with Gasteiger partial charge < -0.3 is 4.74 Å². The number of ether oxygens (including phenoxy) is 1. The zero-order valence-corrected chi connectivity index (χ0v) is 15.5. The average Bonchev–Trinajstić information content (AvgIpc) is 2.85. The molecule has 0 aliphatic rings. The molecular formula is C17H20BrNO2S. The summed E-state index contributed by atoms with van der Waals surface area (Å²) in [6.07, 6.45) is 0. The molecule has 0 bridgehead atoms. The summed E-state index contributed by atoms with van der Waals surface area (Å²) in [5, 5.41) is 0. The Morgan fingerprint density at radius 2 is 2.05 bits per heavy atom. The molecule has 2 rings (SSSR count). The molecule has 0 aliphatic carbocycles. The second-order valence-electron chi connectivity index (χ2n) is 5.19. The summed E-state index contributed by atoms with van der Waals surface area (Å²) in [5.41, 5.74) is 1.78. The van der Waals surface area contributed by atoms with E-state index in [0.29, 0.717) is 6.61 Å². The normalized spacial score (nSPS) is 11.0. The number of carbonyl (C=O) groups is 1. The fraction of sp³-hybridized carbons (Fsp3) is 0.353. The second kappa shape index (κ2) is 7.90. The maximum atomic E-state index is 11.6. The van der Waals surface area contributed by atoms with Gasteiger partial charge in [-0.05, 0) is 67.2 Å². The first kappa shape index (κ1) is 17.2. The van der Waals surface area contributed by atoms with Crippen molar-refractivity contribution in [1.29, 1.82) is 0 Å². The van der Waals surface area contributed by atoms with Gasteiger partial charge in [0.25, 0.3) is 0 Å². The Bertz CT molecular complexity index is 654. The number of hydrogen-bond donors (Lipinski definition) is 0. The number of Topliss-reactive ketones (excluding diaryl/α,β-unsaturated/α-hetero) is 1. The Labute approximate surface area is 144 Å². The number of halogens is 1. The number of thiophene rings is 1. The fourth-order valence-corrected chi connectivity index (χ4v) is 3.83. The molecule has 0 aliphatic heterocycles. The largest absolute Gasteiger partial charge is 0.494 e. The van der Waals surface area contributed by atoms with Crippen molar-refractivity contribution in [3.05, 3.63) is 50.1 Å². The van der Waals surface area contributed by atoms with Gasteiger partial charge in [0, 0.05) is 29.1 Å². The summed E-state index contributed by atoms with van der Waals surface area (Å²) in [7, 11) is 2.07. The van der Waals surface area contributed by atoms with Gasteiger partial charge in [0.2, 0.25) is 0 Å². The van der Waals surface area contributed by atoms with Gasteiger partial charge in [-0.25, -0.2) is 0 Å². The van der Waals surface area contributed by atoms with Gasteiger partial charge in [0.05, 0.1) is 10.4 Å². The summed E-state index contributed by atoms with van der Waals surface area (Å²) in [6.45, 7) is 5.79. The maximum Gasteiger partial charge on any atom is 0.159 e. The van der Waals surface area contributed by atoms with Crippen LogP contribution in [0.4, 0.5) is 0 Å². The molecule has 0 saturated carbocycles. The minimum absolute atomic E-state index is 0.0779. The van der Waals surface area contributed by atoms with Gasteiger partial charge in [0.1, 0.15) is 5.75 Å². The third kappa shape index (κ3) is 4.66. The van der Waals surface area contributed by atoms with Crippen LogP contribution in [0.25, 0.3) is 0 Å². The van der Waals surface area contributed by atoms with Crippen LogP contribution in [0.5, 0.6) is 5.75 Å². The van der Waals surface area contributed by atoms with E-state index in [1.807, 2.05) is 25.1 Å². The van der Waals surface area contributed by atoms with Crippen molar-refractivity contribution in [2.45, 2.75) is 26.9 Å². The lowest BCUT2D eigenvalue weighted by Crippen LogP contribution is -2.17. The summed E-state index contributed by atoms with van der Waals surface area (Å²) < 4.78 is 6.83. The van der Waals surface area contributed by atoms with Crippen LogP contribution < -0.4 is 4.74 Å². The van der Waals surface area contributed by atoms with Gasteiger partial charge in [-0.1, -0.05) is 0 Å². The molecule has 0 unspecified atom stereocenters. The van der Waals surface area contributed by atoms with E-state index in [0.717, 1.165) is 33.8 Å². The van der Waals surface area contributed by atoms with Crippen molar-refractivity contribution in [1.82, 2.24) is 4.90 Å². The van der Waals surface area contributed by atoms with Crippen LogP contribution in [0.15, 0.2) is 34.1 Å². The Hall–Kier alpha value is -1.17. The van der Waals surface area contributed by atoms with Gasteiger partial charge >= 0.3 is 0 Å². The molecule has 0 radical (unpaired) electrons. The molecule has 0 atom stereocenters. The predicted molar refractivity (Wildman–Crippen MR) is 94.8 cm³/mol. The topological polar surface area (TPSA) is 29.5 Å². The van der Waals surface area contributed by atoms with E-state index >= 15 is 0 Å². The van der Waals surface area contributed by atoms with Crippen molar-refractivity contribution in [2.75, 3.05) is 13.7 Å². The highest BCUT2D eigenvalue weighted by molar-refractivity contribution is 9.11. The molecule has 2 aromatic rings. The molecule has 0 spiro atoms. The molecule has 3 nitrogen and oxygen atoms in total. The molecule has 118 valence electrons. The maximum absolute atomic E-state index is 11.6. The molecule has 1 aromatic heterocycles. The van der Waals surface area contributed by atoms with Crippen molar-refractivity contribution < 1.29 is 9.53 Å². The lowest BCUT2D eigenvalue weighted by molar-refractivity contribution is 0.101. The van der Waals surface area contributed by atoms with Crippen molar-refractivity contribution >= 4 is 33.0 Å². The first-order chi connectivity index (χ1) is 10.5. The summed E-state index contributed by atoms with van der Waals surface area (Å²) in [6, 6.07) is 9.85. The minimum atomic E-state index is 0.0779. The van der Waals surface area contributed by atoms with Crippen LogP contribution in [0.1, 0.15) is 34.6 Å². The molecular weight excluding hydrogens is 362 g/mol. The highest BCUT2D eigenvalue weighted by Gasteiger charge is 2.11. The molecule has 1 aromatic carbocycles. The third-order valence-electron chi connectivity index (χ3n) is 3.26. The van der Waals surface area contributed by atoms with Crippen molar-refractivity contribution in [3.63, 3.8) is 0 Å². The Morgan fingerprint density at radius 1 is 1.27 bits per heavy atom. The van der Waals surface area contributed by atoms with E-state index in [4.69, 9.17) is 4.74 Å². The highest BCUT2D eigenvalue weighted by Crippen LogP contribution is 2.25. The van der Waals surface area contributed by atoms with Crippen LogP contribution >= 0.6 is 27.3 Å². The van der Waals surface area contributed by atoms with Crippen LogP contribution in [0.2, 0.25) is 0 Å². The first-order valence-corrected chi connectivity index (χ1v) is 8.80. The molecule has 0 fully saturated rings. The Balaban J connectivity index is 2.14. The van der Waals surface area contributed by atoms with E-state index in [9.17, 15) is 4.79 Å². The van der Waals surface area contributed by atoms with Gasteiger partial charge in [-0.3, -0.25) is 9.69 Å². The monoisotopic (exact) mass is 381 g/mol. The predicted octanol–water partition coefficient (Wildman–Crippen LogP) is 4.74. The van der Waals surface area contributed by atoms with Crippen LogP contribution in [0.3, 0.4) is 0 Å². The van der Waals surface area contributed by atoms with Crippen molar-refractivity contribution in [3.8, 4) is 5.75 Å². The number of carbonyl (C=O) groups excluding carboxylic acids is 1. The zero-order chi connectivity index (χ0) is 16.1. The third-order valence-corrected chi connectivity index (χ3v) is 4.87. The lowest BCUT2D eigenvalue weighted by atomic mass is 10.1. The molecule has 5 heteroatoms. The fourth-order valence-electron chi connectivity index (χ4n) is 2.27. The van der Waals surface area contributed by atoms with Gasteiger partial charge in [-0.2, -0.15) is 0 Å². The molecule has 1 heterocycles. The number of hydrogen-bond acceptors (Lipinski definition) is 4. The van der Waals surface area contributed by atoms with Gasteiger partial charge in [-0.15, -0.1) is 11.3 Å². The molecule has 22 heavy (non-hydrogen) atoms. The number of benzene rings is 1. The SMILES string of the molecule is CCOc1ccc(C(C)=O)cc1CN(C)Cc1ccc(Br)s1. The first-order valence-electron chi connectivity index (χ1n) is 7.19. The van der Waals surface area contributed by atoms with Gasteiger partial charge in [0.15, 0.2) is 5.78 Å². The summed E-state index contributed by atoms with van der Waals surface area (Å²) in [5.74, 6) is 0.931. The average molecular weight is 382 g/mol. The van der Waals surface area contributed by atoms with Crippen LogP contribution in [0, 0.1) is 0 Å². The molecule has 0 saturated heterocycles. The van der Waals surface area contributed by atoms with Crippen LogP contribution in [-0.4, -0.2) is 24.3 Å². The number of nitrogens with zero attached hydrogens (tertiary/aromatic N) is 1. The van der Waals surface area contributed by atoms with E-state index in [-0.39, 0.29) is 5.78 Å². The Kier molecular flexibility index (Phi) is 6.17. The highest BCUT2D eigenvalue weighted by atomic mass is 79.9.